The van der Waals surface area contributed by atoms with Crippen LogP contribution in [0.15, 0.2) is 24.3 Å². The van der Waals surface area contributed by atoms with E-state index in [1.807, 2.05) is 0 Å². The van der Waals surface area contributed by atoms with Crippen molar-refractivity contribution in [2.75, 3.05) is 6.54 Å². The van der Waals surface area contributed by atoms with Crippen molar-refractivity contribution in [2.45, 2.75) is 32.0 Å². The van der Waals surface area contributed by atoms with Gasteiger partial charge in [-0.1, -0.05) is 18.2 Å². The molecular formula is C13H17F3N2O. The summed E-state index contributed by atoms with van der Waals surface area (Å²) in [6.07, 6.45) is -4.82. The van der Waals surface area contributed by atoms with Crippen LogP contribution in [0.4, 0.5) is 13.2 Å². The fourth-order valence-electron chi connectivity index (χ4n) is 1.82. The van der Waals surface area contributed by atoms with Gasteiger partial charge in [-0.15, -0.1) is 0 Å². The molecular weight excluding hydrogens is 257 g/mol. The highest BCUT2D eigenvalue weighted by Crippen LogP contribution is 2.21. The van der Waals surface area contributed by atoms with E-state index in [-0.39, 0.29) is 0 Å². The molecule has 1 amide bonds. The van der Waals surface area contributed by atoms with Crippen LogP contribution in [0, 0.1) is 0 Å². The lowest BCUT2D eigenvalue weighted by Crippen LogP contribution is -2.36. The summed E-state index contributed by atoms with van der Waals surface area (Å²) in [5.41, 5.74) is 6.55. The Balaban J connectivity index is 2.73. The number of carbonyl (C=O) groups is 1. The fourth-order valence-corrected chi connectivity index (χ4v) is 1.82. The predicted molar refractivity (Wildman–Crippen MR) is 66.8 cm³/mol. The van der Waals surface area contributed by atoms with E-state index in [1.54, 1.807) is 24.3 Å². The lowest BCUT2D eigenvalue weighted by atomic mass is 10.0. The molecule has 0 saturated carbocycles. The van der Waals surface area contributed by atoms with E-state index >= 15 is 0 Å². The molecule has 3 nitrogen and oxygen atoms in total. The standard InChI is InChI=1S/C13H17F3N2O/c1-9(8-13(14,15)16)18-12(19)11-5-3-2-4-10(11)6-7-17/h2-5,9H,6-8,17H2,1H3,(H,18,19). The van der Waals surface area contributed by atoms with Crippen molar-refractivity contribution in [1.82, 2.24) is 5.32 Å². The Kier molecular flexibility index (Phi) is 5.35. The van der Waals surface area contributed by atoms with Gasteiger partial charge in [0, 0.05) is 11.6 Å². The van der Waals surface area contributed by atoms with Gasteiger partial charge in [-0.05, 0) is 31.5 Å². The van der Waals surface area contributed by atoms with E-state index in [1.165, 1.54) is 6.92 Å². The van der Waals surface area contributed by atoms with E-state index < -0.39 is 24.5 Å². The maximum atomic E-state index is 12.2. The summed E-state index contributed by atoms with van der Waals surface area (Å²) in [4.78, 5) is 11.9. The van der Waals surface area contributed by atoms with Crippen LogP contribution in [0.1, 0.15) is 29.3 Å². The van der Waals surface area contributed by atoms with Crippen LogP contribution in [0.3, 0.4) is 0 Å². The number of alkyl halides is 3. The fraction of sp³-hybridized carbons (Fsp3) is 0.462. The molecule has 0 aromatic heterocycles. The highest BCUT2D eigenvalue weighted by molar-refractivity contribution is 5.95. The number of hydrogen-bond acceptors (Lipinski definition) is 2. The third-order valence-corrected chi connectivity index (χ3v) is 2.59. The molecule has 0 heterocycles. The Hall–Kier alpha value is -1.56. The molecule has 0 spiro atoms. The second kappa shape index (κ2) is 6.56. The Morgan fingerprint density at radius 3 is 2.58 bits per heavy atom. The number of amides is 1. The maximum Gasteiger partial charge on any atom is 0.391 e. The number of rotatable bonds is 5. The topological polar surface area (TPSA) is 55.1 Å². The van der Waals surface area contributed by atoms with Gasteiger partial charge in [0.05, 0.1) is 6.42 Å². The molecule has 0 aliphatic heterocycles. The molecule has 1 atom stereocenters. The molecule has 19 heavy (non-hydrogen) atoms. The number of hydrogen-bond donors (Lipinski definition) is 2. The monoisotopic (exact) mass is 274 g/mol. The maximum absolute atomic E-state index is 12.2. The molecule has 0 bridgehead atoms. The molecule has 0 aliphatic rings. The second-order valence-electron chi connectivity index (χ2n) is 4.39. The summed E-state index contributed by atoms with van der Waals surface area (Å²) in [5.74, 6) is -0.499. The molecule has 0 saturated heterocycles. The molecule has 0 aliphatic carbocycles. The Bertz CT molecular complexity index is 432. The second-order valence-corrected chi connectivity index (χ2v) is 4.39. The molecule has 1 aromatic rings. The molecule has 6 heteroatoms. The van der Waals surface area contributed by atoms with E-state index in [9.17, 15) is 18.0 Å². The number of halogens is 3. The average Bonchev–Trinajstić information content (AvgIpc) is 2.27. The molecule has 106 valence electrons. The summed E-state index contributed by atoms with van der Waals surface area (Å²) in [7, 11) is 0. The van der Waals surface area contributed by atoms with Gasteiger partial charge in [0.2, 0.25) is 0 Å². The Labute approximate surface area is 110 Å². The summed E-state index contributed by atoms with van der Waals surface area (Å²) < 4.78 is 36.6. The predicted octanol–water partition coefficient (Wildman–Crippen LogP) is 2.26. The summed E-state index contributed by atoms with van der Waals surface area (Å²) in [5, 5.41) is 2.35. The number of benzene rings is 1. The lowest BCUT2D eigenvalue weighted by molar-refractivity contribution is -0.138. The summed E-state index contributed by atoms with van der Waals surface area (Å²) in [6, 6.07) is 5.81. The third-order valence-electron chi connectivity index (χ3n) is 2.59. The van der Waals surface area contributed by atoms with Crippen molar-refractivity contribution >= 4 is 5.91 Å². The number of nitrogens with one attached hydrogen (secondary N) is 1. The smallest absolute Gasteiger partial charge is 0.349 e. The van der Waals surface area contributed by atoms with Crippen molar-refractivity contribution in [3.8, 4) is 0 Å². The quantitative estimate of drug-likeness (QED) is 0.865. The van der Waals surface area contributed by atoms with Crippen molar-refractivity contribution in [1.29, 1.82) is 0 Å². The molecule has 1 rings (SSSR count). The van der Waals surface area contributed by atoms with Crippen LogP contribution in [0.25, 0.3) is 0 Å². The summed E-state index contributed by atoms with van der Waals surface area (Å²) >= 11 is 0. The zero-order valence-corrected chi connectivity index (χ0v) is 10.6. The Morgan fingerprint density at radius 2 is 2.00 bits per heavy atom. The molecule has 1 aromatic carbocycles. The van der Waals surface area contributed by atoms with Gasteiger partial charge in [0.1, 0.15) is 0 Å². The first-order valence-corrected chi connectivity index (χ1v) is 5.99. The van der Waals surface area contributed by atoms with Gasteiger partial charge in [-0.3, -0.25) is 4.79 Å². The molecule has 1 unspecified atom stereocenters. The Morgan fingerprint density at radius 1 is 1.37 bits per heavy atom. The largest absolute Gasteiger partial charge is 0.391 e. The first-order valence-electron chi connectivity index (χ1n) is 5.99. The van der Waals surface area contributed by atoms with E-state index in [2.05, 4.69) is 5.32 Å². The van der Waals surface area contributed by atoms with Crippen LogP contribution >= 0.6 is 0 Å². The van der Waals surface area contributed by atoms with Crippen molar-refractivity contribution < 1.29 is 18.0 Å². The SMILES string of the molecule is CC(CC(F)(F)F)NC(=O)c1ccccc1CCN. The van der Waals surface area contributed by atoms with Gasteiger partial charge < -0.3 is 11.1 Å². The molecule has 0 radical (unpaired) electrons. The number of nitrogens with two attached hydrogens (primary N) is 1. The normalized spacial score (nSPS) is 13.1. The van der Waals surface area contributed by atoms with E-state index in [0.717, 1.165) is 5.56 Å². The van der Waals surface area contributed by atoms with Gasteiger partial charge in [-0.2, -0.15) is 13.2 Å². The van der Waals surface area contributed by atoms with Crippen molar-refractivity contribution in [2.24, 2.45) is 5.73 Å². The van der Waals surface area contributed by atoms with Crippen LogP contribution in [-0.2, 0) is 6.42 Å². The minimum Gasteiger partial charge on any atom is -0.349 e. The average molecular weight is 274 g/mol. The number of carbonyl (C=O) groups excluding carboxylic acids is 1. The first-order chi connectivity index (χ1) is 8.83. The van der Waals surface area contributed by atoms with Crippen molar-refractivity contribution in [3.63, 3.8) is 0 Å². The third kappa shape index (κ3) is 5.30. The van der Waals surface area contributed by atoms with Gasteiger partial charge in [0.15, 0.2) is 0 Å². The summed E-state index contributed by atoms with van der Waals surface area (Å²) in [6.45, 7) is 1.71. The van der Waals surface area contributed by atoms with Gasteiger partial charge >= 0.3 is 6.18 Å². The van der Waals surface area contributed by atoms with Crippen LogP contribution in [0.2, 0.25) is 0 Å². The van der Waals surface area contributed by atoms with Crippen LogP contribution < -0.4 is 11.1 Å². The highest BCUT2D eigenvalue weighted by Gasteiger charge is 2.30. The van der Waals surface area contributed by atoms with Gasteiger partial charge in [-0.25, -0.2) is 0 Å². The molecule has 0 fully saturated rings. The lowest BCUT2D eigenvalue weighted by Gasteiger charge is -2.17. The van der Waals surface area contributed by atoms with Crippen LogP contribution in [-0.4, -0.2) is 24.7 Å². The van der Waals surface area contributed by atoms with E-state index in [4.69, 9.17) is 5.73 Å². The van der Waals surface area contributed by atoms with Crippen LogP contribution in [0.5, 0.6) is 0 Å². The molecule has 3 N–H and O–H groups in total. The zero-order chi connectivity index (χ0) is 14.5. The zero-order valence-electron chi connectivity index (χ0n) is 10.6. The minimum absolute atomic E-state index is 0.377. The first kappa shape index (κ1) is 15.5. The van der Waals surface area contributed by atoms with Gasteiger partial charge in [0.25, 0.3) is 5.91 Å². The van der Waals surface area contributed by atoms with Crippen molar-refractivity contribution in [3.05, 3.63) is 35.4 Å². The highest BCUT2D eigenvalue weighted by atomic mass is 19.4. The van der Waals surface area contributed by atoms with E-state index in [0.29, 0.717) is 18.5 Å². The minimum atomic E-state index is -4.29.